The summed E-state index contributed by atoms with van der Waals surface area (Å²) in [7, 11) is 0. The maximum absolute atomic E-state index is 14.1. The molecule has 0 atom stereocenters. The highest BCUT2D eigenvalue weighted by molar-refractivity contribution is 6.06. The maximum Gasteiger partial charge on any atom is 0.234 e. The molecule has 0 saturated carbocycles. The number of halogens is 1. The van der Waals surface area contributed by atoms with Crippen molar-refractivity contribution in [1.29, 1.82) is 5.26 Å². The number of benzene rings is 1. The number of H-pyrrole nitrogens is 1. The Hall–Kier alpha value is -2.61. The number of aromatic amines is 1. The molecule has 2 aromatic rings. The van der Waals surface area contributed by atoms with E-state index in [2.05, 4.69) is 10.3 Å². The van der Waals surface area contributed by atoms with Crippen LogP contribution in [0.1, 0.15) is 25.1 Å². The fourth-order valence-electron chi connectivity index (χ4n) is 2.40. The molecule has 0 bridgehead atoms. The van der Waals surface area contributed by atoms with E-state index in [1.807, 2.05) is 6.07 Å². The van der Waals surface area contributed by atoms with Crippen molar-refractivity contribution < 1.29 is 9.18 Å². The molecule has 1 aliphatic rings. The maximum atomic E-state index is 14.1. The van der Waals surface area contributed by atoms with E-state index in [0.717, 1.165) is 0 Å². The Balaban J connectivity index is 2.18. The minimum atomic E-state index is -0.767. The first-order valence-electron chi connectivity index (χ1n) is 6.18. The zero-order valence-corrected chi connectivity index (χ0v) is 11.0. The zero-order valence-electron chi connectivity index (χ0n) is 11.0. The van der Waals surface area contributed by atoms with Gasteiger partial charge in [0.2, 0.25) is 5.91 Å². The molecular weight excluding hydrogens is 257 g/mol. The Kier molecular flexibility index (Phi) is 2.45. The van der Waals surface area contributed by atoms with Crippen molar-refractivity contribution in [2.24, 2.45) is 0 Å². The van der Waals surface area contributed by atoms with E-state index in [4.69, 9.17) is 5.26 Å². The van der Waals surface area contributed by atoms with Crippen LogP contribution in [0.4, 0.5) is 10.1 Å². The van der Waals surface area contributed by atoms with Crippen LogP contribution in [-0.2, 0) is 10.2 Å². The van der Waals surface area contributed by atoms with Gasteiger partial charge >= 0.3 is 0 Å². The van der Waals surface area contributed by atoms with Gasteiger partial charge in [-0.1, -0.05) is 0 Å². The first kappa shape index (κ1) is 12.4. The van der Waals surface area contributed by atoms with Gasteiger partial charge in [0, 0.05) is 11.3 Å². The van der Waals surface area contributed by atoms with Crippen molar-refractivity contribution in [2.45, 2.75) is 19.3 Å². The molecule has 0 radical (unpaired) electrons. The van der Waals surface area contributed by atoms with Gasteiger partial charge in [0.15, 0.2) is 0 Å². The number of hydrogen-bond acceptors (Lipinski definition) is 2. The number of amides is 1. The van der Waals surface area contributed by atoms with Crippen LogP contribution in [0.25, 0.3) is 11.3 Å². The summed E-state index contributed by atoms with van der Waals surface area (Å²) in [6.07, 6.45) is 0. The third-order valence-electron chi connectivity index (χ3n) is 3.69. The zero-order chi connectivity index (χ0) is 14.5. The van der Waals surface area contributed by atoms with Crippen LogP contribution < -0.4 is 5.32 Å². The van der Waals surface area contributed by atoms with Crippen LogP contribution in [0.3, 0.4) is 0 Å². The van der Waals surface area contributed by atoms with Crippen molar-refractivity contribution in [3.63, 3.8) is 0 Å². The molecule has 0 aliphatic carbocycles. The van der Waals surface area contributed by atoms with E-state index in [1.165, 1.54) is 6.07 Å². The van der Waals surface area contributed by atoms with Gasteiger partial charge in [-0.05, 0) is 43.7 Å². The minimum Gasteiger partial charge on any atom is -0.346 e. The van der Waals surface area contributed by atoms with Crippen molar-refractivity contribution in [2.75, 3.05) is 5.32 Å². The molecule has 5 heteroatoms. The highest BCUT2D eigenvalue weighted by Crippen LogP contribution is 2.41. The second-order valence-corrected chi connectivity index (χ2v) is 5.36. The summed E-state index contributed by atoms with van der Waals surface area (Å²) < 4.78 is 14.1. The smallest absolute Gasteiger partial charge is 0.234 e. The first-order chi connectivity index (χ1) is 9.43. The van der Waals surface area contributed by atoms with Crippen LogP contribution in [0.15, 0.2) is 24.3 Å². The van der Waals surface area contributed by atoms with Gasteiger partial charge in [-0.2, -0.15) is 5.26 Å². The molecule has 3 rings (SSSR count). The third kappa shape index (κ3) is 1.62. The van der Waals surface area contributed by atoms with E-state index < -0.39 is 11.2 Å². The van der Waals surface area contributed by atoms with Gasteiger partial charge in [-0.25, -0.2) is 4.39 Å². The Labute approximate surface area is 115 Å². The van der Waals surface area contributed by atoms with E-state index in [0.29, 0.717) is 22.5 Å². The number of carbonyl (C=O) groups is 1. The number of fused-ring (bicyclic) bond motifs is 1. The lowest BCUT2D eigenvalue weighted by atomic mass is 9.85. The first-order valence-corrected chi connectivity index (χ1v) is 6.18. The van der Waals surface area contributed by atoms with Crippen LogP contribution in [0, 0.1) is 17.1 Å². The van der Waals surface area contributed by atoms with Gasteiger partial charge in [0.1, 0.15) is 17.6 Å². The highest BCUT2D eigenvalue weighted by atomic mass is 19.1. The SMILES string of the molecule is CC1(C)C(=O)Nc2c(F)cc(-c3ccc(C#N)[nH]3)cc21. The Morgan fingerprint density at radius 3 is 2.70 bits per heavy atom. The van der Waals surface area contributed by atoms with Crippen molar-refractivity contribution in [3.8, 4) is 17.3 Å². The second kappa shape index (κ2) is 3.94. The number of rotatable bonds is 1. The number of nitrogens with one attached hydrogen (secondary N) is 2. The fraction of sp³-hybridized carbons (Fsp3) is 0.200. The molecule has 1 aromatic carbocycles. The van der Waals surface area contributed by atoms with Gasteiger partial charge < -0.3 is 10.3 Å². The number of nitriles is 1. The predicted octanol–water partition coefficient (Wildman–Crippen LogP) is 2.92. The number of hydrogen-bond donors (Lipinski definition) is 2. The molecule has 0 fully saturated rings. The normalized spacial score (nSPS) is 15.6. The lowest BCUT2D eigenvalue weighted by Gasteiger charge is -2.15. The molecule has 1 aromatic heterocycles. The van der Waals surface area contributed by atoms with Crippen LogP contribution in [0.5, 0.6) is 0 Å². The minimum absolute atomic E-state index is 0.215. The van der Waals surface area contributed by atoms with Gasteiger partial charge in [0.25, 0.3) is 0 Å². The fourth-order valence-corrected chi connectivity index (χ4v) is 2.40. The van der Waals surface area contributed by atoms with Gasteiger partial charge in [-0.15, -0.1) is 0 Å². The molecule has 4 nitrogen and oxygen atoms in total. The molecule has 1 amide bonds. The quantitative estimate of drug-likeness (QED) is 0.835. The van der Waals surface area contributed by atoms with Crippen LogP contribution >= 0.6 is 0 Å². The second-order valence-electron chi connectivity index (χ2n) is 5.36. The summed E-state index contributed by atoms with van der Waals surface area (Å²) in [5.41, 5.74) is 1.79. The summed E-state index contributed by atoms with van der Waals surface area (Å²) in [6.45, 7) is 3.51. The monoisotopic (exact) mass is 269 g/mol. The summed E-state index contributed by atoms with van der Waals surface area (Å²) >= 11 is 0. The summed E-state index contributed by atoms with van der Waals surface area (Å²) in [5.74, 6) is -0.683. The Morgan fingerprint density at radius 2 is 2.05 bits per heavy atom. The molecule has 100 valence electrons. The Morgan fingerprint density at radius 1 is 1.30 bits per heavy atom. The van der Waals surface area contributed by atoms with Crippen LogP contribution in [0.2, 0.25) is 0 Å². The van der Waals surface area contributed by atoms with E-state index in [-0.39, 0.29) is 11.6 Å². The average Bonchev–Trinajstić information content (AvgIpc) is 2.96. The third-order valence-corrected chi connectivity index (χ3v) is 3.69. The van der Waals surface area contributed by atoms with Gasteiger partial charge in [0.05, 0.1) is 11.1 Å². The molecule has 0 spiro atoms. The van der Waals surface area contributed by atoms with Crippen molar-refractivity contribution >= 4 is 11.6 Å². The Bertz CT molecular complexity index is 768. The van der Waals surface area contributed by atoms with Crippen molar-refractivity contribution in [1.82, 2.24) is 4.98 Å². The topological polar surface area (TPSA) is 68.7 Å². The van der Waals surface area contributed by atoms with E-state index >= 15 is 0 Å². The molecule has 0 unspecified atom stereocenters. The molecule has 20 heavy (non-hydrogen) atoms. The van der Waals surface area contributed by atoms with E-state index in [9.17, 15) is 9.18 Å². The van der Waals surface area contributed by atoms with E-state index in [1.54, 1.807) is 32.0 Å². The number of carbonyl (C=O) groups excluding carboxylic acids is 1. The molecule has 1 aliphatic heterocycles. The summed E-state index contributed by atoms with van der Waals surface area (Å²) in [4.78, 5) is 14.8. The van der Waals surface area contributed by atoms with Crippen molar-refractivity contribution in [3.05, 3.63) is 41.3 Å². The average molecular weight is 269 g/mol. The molecule has 0 saturated heterocycles. The largest absolute Gasteiger partial charge is 0.346 e. The number of anilines is 1. The summed E-state index contributed by atoms with van der Waals surface area (Å²) in [5, 5.41) is 11.4. The van der Waals surface area contributed by atoms with Gasteiger partial charge in [-0.3, -0.25) is 4.79 Å². The molecular formula is C15H12FN3O. The number of nitrogens with zero attached hydrogens (tertiary/aromatic N) is 1. The summed E-state index contributed by atoms with van der Waals surface area (Å²) in [6, 6.07) is 8.48. The molecule has 2 heterocycles. The van der Waals surface area contributed by atoms with Crippen LogP contribution in [-0.4, -0.2) is 10.9 Å². The predicted molar refractivity (Wildman–Crippen MR) is 72.6 cm³/mol. The lowest BCUT2D eigenvalue weighted by Crippen LogP contribution is -2.26. The highest BCUT2D eigenvalue weighted by Gasteiger charge is 2.40. The molecule has 2 N–H and O–H groups in total. The lowest BCUT2D eigenvalue weighted by molar-refractivity contribution is -0.119. The number of aromatic nitrogens is 1. The standard InChI is InChI=1S/C15H12FN3O/c1-15(2)10-5-8(12-4-3-9(7-17)18-12)6-11(16)13(10)19-14(15)20/h3-6,18H,1-2H3,(H,19,20).